The van der Waals surface area contributed by atoms with Gasteiger partial charge in [0.15, 0.2) is 0 Å². The highest BCUT2D eigenvalue weighted by Gasteiger charge is 2.04. The summed E-state index contributed by atoms with van der Waals surface area (Å²) >= 11 is 0. The number of hydrogen-bond donors (Lipinski definition) is 0. The summed E-state index contributed by atoms with van der Waals surface area (Å²) in [6.45, 7) is 7.53. The molecule has 17 heavy (non-hydrogen) atoms. The highest BCUT2D eigenvalue weighted by Crippen LogP contribution is 2.23. The molecule has 0 radical (unpaired) electrons. The Morgan fingerprint density at radius 1 is 1.41 bits per heavy atom. The van der Waals surface area contributed by atoms with Crippen molar-refractivity contribution in [1.29, 1.82) is 0 Å². The molecule has 0 saturated carbocycles. The molecule has 0 unspecified atom stereocenters. The average Bonchev–Trinajstić information content (AvgIpc) is 2.28. The van der Waals surface area contributed by atoms with E-state index in [1.807, 2.05) is 6.07 Å². The highest BCUT2D eigenvalue weighted by molar-refractivity contribution is 5.36. The number of nitrogens with zero attached hydrogens (tertiary/aromatic N) is 3. The molecule has 0 aliphatic rings. The summed E-state index contributed by atoms with van der Waals surface area (Å²) in [4.78, 5) is 2.69. The quantitative estimate of drug-likeness (QED) is 0.314. The Morgan fingerprint density at radius 3 is 2.76 bits per heavy atom. The van der Waals surface area contributed by atoms with Crippen LogP contribution in [0.25, 0.3) is 10.4 Å². The van der Waals surface area contributed by atoms with Crippen LogP contribution in [-0.4, -0.2) is 13.2 Å². The zero-order chi connectivity index (χ0) is 12.7. The van der Waals surface area contributed by atoms with Crippen molar-refractivity contribution in [2.45, 2.75) is 33.1 Å². The Kier molecular flexibility index (Phi) is 5.37. The molecule has 1 aromatic rings. The second-order valence-electron chi connectivity index (χ2n) is 4.33. The van der Waals surface area contributed by atoms with E-state index in [0.717, 1.165) is 12.2 Å². The van der Waals surface area contributed by atoms with Crippen LogP contribution in [0.3, 0.4) is 0 Å². The minimum Gasteiger partial charge on any atom is -0.494 e. The Morgan fingerprint density at radius 2 is 2.18 bits per heavy atom. The number of aryl methyl sites for hydroxylation is 1. The van der Waals surface area contributed by atoms with Crippen molar-refractivity contribution in [3.63, 3.8) is 0 Å². The van der Waals surface area contributed by atoms with Gasteiger partial charge in [-0.3, -0.25) is 0 Å². The van der Waals surface area contributed by atoms with Crippen LogP contribution >= 0.6 is 0 Å². The van der Waals surface area contributed by atoms with Gasteiger partial charge >= 0.3 is 0 Å². The van der Waals surface area contributed by atoms with Crippen molar-refractivity contribution in [2.24, 2.45) is 5.11 Å². The molecule has 0 spiro atoms. The molecule has 0 saturated heterocycles. The van der Waals surface area contributed by atoms with Gasteiger partial charge in [0.2, 0.25) is 0 Å². The SMILES string of the molecule is Cc1cc(OCCCN=[N+]=[N-])ccc1C(C)C. The first kappa shape index (κ1) is 13.4. The second-order valence-corrected chi connectivity index (χ2v) is 4.33. The Balaban J connectivity index is 2.50. The van der Waals surface area contributed by atoms with E-state index in [0.29, 0.717) is 19.1 Å². The van der Waals surface area contributed by atoms with Gasteiger partial charge in [-0.2, -0.15) is 0 Å². The molecule has 1 aromatic carbocycles. The van der Waals surface area contributed by atoms with Gasteiger partial charge < -0.3 is 4.74 Å². The van der Waals surface area contributed by atoms with Crippen LogP contribution in [-0.2, 0) is 0 Å². The molecule has 0 aliphatic carbocycles. The number of azide groups is 1. The fraction of sp³-hybridized carbons (Fsp3) is 0.538. The van der Waals surface area contributed by atoms with Crippen molar-refractivity contribution >= 4 is 0 Å². The van der Waals surface area contributed by atoms with E-state index in [1.165, 1.54) is 11.1 Å². The summed E-state index contributed by atoms with van der Waals surface area (Å²) in [5, 5.41) is 3.46. The molecule has 92 valence electrons. The van der Waals surface area contributed by atoms with Gasteiger partial charge in [-0.1, -0.05) is 25.0 Å². The van der Waals surface area contributed by atoms with Gasteiger partial charge in [0.1, 0.15) is 5.75 Å². The monoisotopic (exact) mass is 233 g/mol. The summed E-state index contributed by atoms with van der Waals surface area (Å²) in [5.74, 6) is 1.42. The minimum absolute atomic E-state index is 0.486. The largest absolute Gasteiger partial charge is 0.494 e. The van der Waals surface area contributed by atoms with Gasteiger partial charge in [-0.15, -0.1) is 0 Å². The lowest BCUT2D eigenvalue weighted by Gasteiger charge is -2.12. The maximum atomic E-state index is 8.12. The summed E-state index contributed by atoms with van der Waals surface area (Å²) in [6.07, 6.45) is 0.745. The molecule has 0 amide bonds. The third-order valence-corrected chi connectivity index (χ3v) is 2.60. The number of hydrogen-bond acceptors (Lipinski definition) is 2. The fourth-order valence-electron chi connectivity index (χ4n) is 1.76. The van der Waals surface area contributed by atoms with E-state index in [1.54, 1.807) is 0 Å². The predicted molar refractivity (Wildman–Crippen MR) is 69.4 cm³/mol. The van der Waals surface area contributed by atoms with Crippen LogP contribution in [0.4, 0.5) is 0 Å². The number of rotatable bonds is 6. The Hall–Kier alpha value is -1.67. The maximum Gasteiger partial charge on any atom is 0.119 e. The summed E-state index contributed by atoms with van der Waals surface area (Å²) < 4.78 is 5.58. The topological polar surface area (TPSA) is 58.0 Å². The summed E-state index contributed by atoms with van der Waals surface area (Å²) in [6, 6.07) is 6.17. The first-order chi connectivity index (χ1) is 8.15. The lowest BCUT2D eigenvalue weighted by molar-refractivity contribution is 0.313. The fourth-order valence-corrected chi connectivity index (χ4v) is 1.76. The Bertz CT molecular complexity index is 409. The lowest BCUT2D eigenvalue weighted by atomic mass is 9.98. The van der Waals surface area contributed by atoms with E-state index < -0.39 is 0 Å². The molecule has 4 nitrogen and oxygen atoms in total. The third-order valence-electron chi connectivity index (χ3n) is 2.60. The number of ether oxygens (including phenoxy) is 1. The normalized spacial score (nSPS) is 10.1. The van der Waals surface area contributed by atoms with E-state index in [2.05, 4.69) is 42.9 Å². The first-order valence-electron chi connectivity index (χ1n) is 5.89. The van der Waals surface area contributed by atoms with E-state index in [9.17, 15) is 0 Å². The molecule has 1 rings (SSSR count). The van der Waals surface area contributed by atoms with E-state index >= 15 is 0 Å². The molecule has 4 heteroatoms. The van der Waals surface area contributed by atoms with Crippen molar-refractivity contribution in [3.05, 3.63) is 39.8 Å². The van der Waals surface area contributed by atoms with Crippen LogP contribution < -0.4 is 4.74 Å². The van der Waals surface area contributed by atoms with Crippen molar-refractivity contribution < 1.29 is 4.74 Å². The lowest BCUT2D eigenvalue weighted by Crippen LogP contribution is -2.00. The van der Waals surface area contributed by atoms with Crippen molar-refractivity contribution in [2.75, 3.05) is 13.2 Å². The van der Waals surface area contributed by atoms with Crippen molar-refractivity contribution in [1.82, 2.24) is 0 Å². The summed E-state index contributed by atoms with van der Waals surface area (Å²) in [5.41, 5.74) is 10.7. The van der Waals surface area contributed by atoms with Crippen LogP contribution in [0.5, 0.6) is 5.75 Å². The summed E-state index contributed by atoms with van der Waals surface area (Å²) in [7, 11) is 0. The molecule has 0 bridgehead atoms. The van der Waals surface area contributed by atoms with Crippen molar-refractivity contribution in [3.8, 4) is 5.75 Å². The molecular weight excluding hydrogens is 214 g/mol. The van der Waals surface area contributed by atoms with Gasteiger partial charge in [-0.05, 0) is 48.1 Å². The predicted octanol–water partition coefficient (Wildman–Crippen LogP) is 4.20. The van der Waals surface area contributed by atoms with Gasteiger partial charge in [0.25, 0.3) is 0 Å². The van der Waals surface area contributed by atoms with Gasteiger partial charge in [-0.25, -0.2) is 0 Å². The van der Waals surface area contributed by atoms with Gasteiger partial charge in [0, 0.05) is 11.5 Å². The van der Waals surface area contributed by atoms with Crippen LogP contribution in [0.2, 0.25) is 0 Å². The Labute approximate surface area is 102 Å². The molecule has 0 N–H and O–H groups in total. The third kappa shape index (κ3) is 4.37. The molecule has 0 aromatic heterocycles. The molecule has 0 aliphatic heterocycles. The molecular formula is C13H19N3O. The molecule has 0 atom stereocenters. The average molecular weight is 233 g/mol. The molecule has 0 fully saturated rings. The van der Waals surface area contributed by atoms with Gasteiger partial charge in [0.05, 0.1) is 6.61 Å². The number of benzene rings is 1. The van der Waals surface area contributed by atoms with E-state index in [-0.39, 0.29) is 0 Å². The standard InChI is InChI=1S/C13H19N3O/c1-10(2)13-6-5-12(9-11(13)3)17-8-4-7-15-16-14/h5-6,9-10H,4,7-8H2,1-3H3. The maximum absolute atomic E-state index is 8.12. The first-order valence-corrected chi connectivity index (χ1v) is 5.89. The molecule has 0 heterocycles. The van der Waals surface area contributed by atoms with Crippen LogP contribution in [0.1, 0.15) is 37.3 Å². The van der Waals surface area contributed by atoms with Crippen LogP contribution in [0, 0.1) is 6.92 Å². The zero-order valence-corrected chi connectivity index (χ0v) is 10.7. The smallest absolute Gasteiger partial charge is 0.119 e. The second kappa shape index (κ2) is 6.81. The highest BCUT2D eigenvalue weighted by atomic mass is 16.5. The van der Waals surface area contributed by atoms with Crippen LogP contribution in [0.15, 0.2) is 23.3 Å². The van der Waals surface area contributed by atoms with E-state index in [4.69, 9.17) is 10.3 Å². The minimum atomic E-state index is 0.486. The zero-order valence-electron chi connectivity index (χ0n) is 10.7.